The smallest absolute Gasteiger partial charge is 0.334 e. The molecule has 0 aliphatic heterocycles. The van der Waals surface area contributed by atoms with Crippen LogP contribution in [0.25, 0.3) is 11.1 Å². The first-order valence-electron chi connectivity index (χ1n) is 6.27. The molecular weight excluding hydrogens is 252 g/mol. The first-order chi connectivity index (χ1) is 9.56. The van der Waals surface area contributed by atoms with Crippen LogP contribution in [-0.2, 0) is 4.79 Å². The summed E-state index contributed by atoms with van der Waals surface area (Å²) in [4.78, 5) is 10.6. The van der Waals surface area contributed by atoms with Gasteiger partial charge >= 0.3 is 5.97 Å². The number of aryl methyl sites for hydroxylation is 1. The molecule has 2 aromatic rings. The standard InChI is InChI=1S/C17H16O3/c1-12-3-5-14(6-4-12)15-7-9-16(10-8-15)20-11-13(2)17(18)19/h3-10H,2,11H2,1H3,(H,18,19). The third kappa shape index (κ3) is 3.48. The summed E-state index contributed by atoms with van der Waals surface area (Å²) >= 11 is 0. The largest absolute Gasteiger partial charge is 0.489 e. The predicted molar refractivity (Wildman–Crippen MR) is 78.9 cm³/mol. The number of hydrogen-bond donors (Lipinski definition) is 1. The molecule has 0 aromatic heterocycles. The molecule has 0 aliphatic carbocycles. The maximum absolute atomic E-state index is 10.6. The van der Waals surface area contributed by atoms with Crippen molar-refractivity contribution in [1.82, 2.24) is 0 Å². The van der Waals surface area contributed by atoms with E-state index in [0.29, 0.717) is 5.75 Å². The number of hydrogen-bond acceptors (Lipinski definition) is 2. The Morgan fingerprint density at radius 1 is 1.05 bits per heavy atom. The monoisotopic (exact) mass is 268 g/mol. The summed E-state index contributed by atoms with van der Waals surface area (Å²) in [6.07, 6.45) is 0. The zero-order valence-electron chi connectivity index (χ0n) is 11.3. The quantitative estimate of drug-likeness (QED) is 0.841. The summed E-state index contributed by atoms with van der Waals surface area (Å²) in [6.45, 7) is 5.46. The maximum Gasteiger partial charge on any atom is 0.334 e. The molecule has 0 unspecified atom stereocenters. The summed E-state index contributed by atoms with van der Waals surface area (Å²) < 4.78 is 5.36. The summed E-state index contributed by atoms with van der Waals surface area (Å²) in [5.74, 6) is -0.412. The highest BCUT2D eigenvalue weighted by Crippen LogP contribution is 2.22. The van der Waals surface area contributed by atoms with Crippen LogP contribution in [-0.4, -0.2) is 17.7 Å². The molecule has 2 aromatic carbocycles. The lowest BCUT2D eigenvalue weighted by Crippen LogP contribution is -2.08. The van der Waals surface area contributed by atoms with Gasteiger partial charge in [-0.3, -0.25) is 0 Å². The van der Waals surface area contributed by atoms with Crippen molar-refractivity contribution in [2.45, 2.75) is 6.92 Å². The fraction of sp³-hybridized carbons (Fsp3) is 0.118. The minimum absolute atomic E-state index is 0.0147. The molecule has 0 fully saturated rings. The maximum atomic E-state index is 10.6. The molecule has 1 N–H and O–H groups in total. The third-order valence-corrected chi connectivity index (χ3v) is 2.95. The Labute approximate surface area is 118 Å². The van der Waals surface area contributed by atoms with Gasteiger partial charge in [0.15, 0.2) is 0 Å². The Morgan fingerprint density at radius 3 is 2.05 bits per heavy atom. The molecule has 3 nitrogen and oxygen atoms in total. The van der Waals surface area contributed by atoms with E-state index in [1.54, 1.807) is 0 Å². The van der Waals surface area contributed by atoms with Crippen molar-refractivity contribution in [2.24, 2.45) is 0 Å². The Hall–Kier alpha value is -2.55. The van der Waals surface area contributed by atoms with E-state index < -0.39 is 5.97 Å². The molecule has 102 valence electrons. The SMILES string of the molecule is C=C(COc1ccc(-c2ccc(C)cc2)cc1)C(=O)O. The van der Waals surface area contributed by atoms with Crippen LogP contribution in [0.1, 0.15) is 5.56 Å². The van der Waals surface area contributed by atoms with Gasteiger partial charge in [0.05, 0.1) is 5.57 Å². The highest BCUT2D eigenvalue weighted by molar-refractivity contribution is 5.86. The number of benzene rings is 2. The summed E-state index contributed by atoms with van der Waals surface area (Å²) in [5, 5.41) is 8.70. The zero-order valence-corrected chi connectivity index (χ0v) is 11.3. The molecule has 0 bridgehead atoms. The second-order valence-electron chi connectivity index (χ2n) is 4.59. The van der Waals surface area contributed by atoms with Gasteiger partial charge in [-0.2, -0.15) is 0 Å². The fourth-order valence-corrected chi connectivity index (χ4v) is 1.72. The lowest BCUT2D eigenvalue weighted by Gasteiger charge is -2.07. The number of carboxylic acids is 1. The van der Waals surface area contributed by atoms with Crippen LogP contribution in [0.4, 0.5) is 0 Å². The van der Waals surface area contributed by atoms with E-state index in [0.717, 1.165) is 11.1 Å². The van der Waals surface area contributed by atoms with Crippen molar-refractivity contribution in [3.8, 4) is 16.9 Å². The van der Waals surface area contributed by atoms with Crippen LogP contribution in [0, 0.1) is 6.92 Å². The van der Waals surface area contributed by atoms with E-state index in [4.69, 9.17) is 9.84 Å². The number of carbonyl (C=O) groups is 1. The second-order valence-corrected chi connectivity index (χ2v) is 4.59. The lowest BCUT2D eigenvalue weighted by molar-refractivity contribution is -0.133. The van der Waals surface area contributed by atoms with E-state index in [2.05, 4.69) is 37.8 Å². The minimum atomic E-state index is -1.04. The Kier molecular flexibility index (Phi) is 4.20. The van der Waals surface area contributed by atoms with Gasteiger partial charge in [-0.25, -0.2) is 4.79 Å². The molecular formula is C17H16O3. The summed E-state index contributed by atoms with van der Waals surface area (Å²) in [5.41, 5.74) is 3.49. The number of aliphatic carboxylic acids is 1. The van der Waals surface area contributed by atoms with E-state index in [1.807, 2.05) is 24.3 Å². The van der Waals surface area contributed by atoms with Crippen LogP contribution in [0.5, 0.6) is 5.75 Å². The van der Waals surface area contributed by atoms with Crippen molar-refractivity contribution in [3.05, 3.63) is 66.2 Å². The highest BCUT2D eigenvalue weighted by atomic mass is 16.5. The lowest BCUT2D eigenvalue weighted by atomic mass is 10.0. The second kappa shape index (κ2) is 6.06. The summed E-state index contributed by atoms with van der Waals surface area (Å²) in [7, 11) is 0. The van der Waals surface area contributed by atoms with Gasteiger partial charge in [0.25, 0.3) is 0 Å². The van der Waals surface area contributed by atoms with Gasteiger partial charge < -0.3 is 9.84 Å². The predicted octanol–water partition coefficient (Wildman–Crippen LogP) is 3.68. The average Bonchev–Trinajstić information content (AvgIpc) is 2.46. The first-order valence-corrected chi connectivity index (χ1v) is 6.27. The van der Waals surface area contributed by atoms with E-state index in [-0.39, 0.29) is 12.2 Å². The summed E-state index contributed by atoms with van der Waals surface area (Å²) in [6, 6.07) is 15.8. The topological polar surface area (TPSA) is 46.5 Å². The van der Waals surface area contributed by atoms with Crippen molar-refractivity contribution in [1.29, 1.82) is 0 Å². The molecule has 0 saturated carbocycles. The Bertz CT molecular complexity index is 610. The van der Waals surface area contributed by atoms with Gasteiger partial charge in [0.1, 0.15) is 12.4 Å². The van der Waals surface area contributed by atoms with E-state index in [1.165, 1.54) is 5.56 Å². The van der Waals surface area contributed by atoms with E-state index >= 15 is 0 Å². The minimum Gasteiger partial charge on any atom is -0.489 e. The molecule has 0 atom stereocenters. The molecule has 0 aliphatic rings. The molecule has 0 heterocycles. The molecule has 0 amide bonds. The van der Waals surface area contributed by atoms with Crippen molar-refractivity contribution in [3.63, 3.8) is 0 Å². The van der Waals surface area contributed by atoms with Crippen molar-refractivity contribution < 1.29 is 14.6 Å². The van der Waals surface area contributed by atoms with Crippen molar-refractivity contribution in [2.75, 3.05) is 6.61 Å². The normalized spacial score (nSPS) is 10.1. The molecule has 3 heteroatoms. The van der Waals surface area contributed by atoms with Gasteiger partial charge in [-0.05, 0) is 30.2 Å². The van der Waals surface area contributed by atoms with Crippen LogP contribution < -0.4 is 4.74 Å². The van der Waals surface area contributed by atoms with Gasteiger partial charge in [0, 0.05) is 0 Å². The Balaban J connectivity index is 2.04. The van der Waals surface area contributed by atoms with Gasteiger partial charge in [-0.15, -0.1) is 0 Å². The van der Waals surface area contributed by atoms with Crippen molar-refractivity contribution >= 4 is 5.97 Å². The molecule has 0 saturated heterocycles. The van der Waals surface area contributed by atoms with Gasteiger partial charge in [0.2, 0.25) is 0 Å². The van der Waals surface area contributed by atoms with Gasteiger partial charge in [-0.1, -0.05) is 48.5 Å². The number of ether oxygens (including phenoxy) is 1. The highest BCUT2D eigenvalue weighted by Gasteiger charge is 2.05. The number of rotatable bonds is 5. The third-order valence-electron chi connectivity index (χ3n) is 2.95. The zero-order chi connectivity index (χ0) is 14.5. The van der Waals surface area contributed by atoms with Crippen LogP contribution >= 0.6 is 0 Å². The average molecular weight is 268 g/mol. The van der Waals surface area contributed by atoms with E-state index in [9.17, 15) is 4.79 Å². The molecule has 20 heavy (non-hydrogen) atoms. The van der Waals surface area contributed by atoms with Crippen LogP contribution in [0.15, 0.2) is 60.7 Å². The number of carboxylic acid groups (broad SMARTS) is 1. The molecule has 0 spiro atoms. The van der Waals surface area contributed by atoms with Crippen LogP contribution in [0.2, 0.25) is 0 Å². The Morgan fingerprint density at radius 2 is 1.55 bits per heavy atom. The molecule has 2 rings (SSSR count). The fourth-order valence-electron chi connectivity index (χ4n) is 1.72. The molecule has 0 radical (unpaired) electrons. The first kappa shape index (κ1) is 13.9. The van der Waals surface area contributed by atoms with Crippen LogP contribution in [0.3, 0.4) is 0 Å².